The van der Waals surface area contributed by atoms with E-state index in [0.29, 0.717) is 12.6 Å². The van der Waals surface area contributed by atoms with Crippen LogP contribution in [0.25, 0.3) is 0 Å². The third kappa shape index (κ3) is 4.94. The molecule has 1 amide bonds. The molecule has 0 saturated carbocycles. The van der Waals surface area contributed by atoms with Gasteiger partial charge < -0.3 is 16.0 Å². The Morgan fingerprint density at radius 3 is 2.60 bits per heavy atom. The van der Waals surface area contributed by atoms with Crippen LogP contribution in [-0.4, -0.2) is 37.0 Å². The summed E-state index contributed by atoms with van der Waals surface area (Å²) >= 11 is 0. The van der Waals surface area contributed by atoms with Crippen LogP contribution in [-0.2, 0) is 4.79 Å². The molecule has 1 aromatic carbocycles. The summed E-state index contributed by atoms with van der Waals surface area (Å²) in [6.07, 6.45) is 2.36. The lowest BCUT2D eigenvalue weighted by Crippen LogP contribution is -2.41. The molecule has 1 aliphatic heterocycles. The van der Waals surface area contributed by atoms with Crippen LogP contribution in [0.1, 0.15) is 24.4 Å². The highest BCUT2D eigenvalue weighted by atomic mass is 35.5. The van der Waals surface area contributed by atoms with Crippen LogP contribution in [0, 0.1) is 0 Å². The van der Waals surface area contributed by atoms with Gasteiger partial charge in [0.25, 0.3) is 0 Å². The van der Waals surface area contributed by atoms with Gasteiger partial charge in [-0.05, 0) is 32.0 Å². The Morgan fingerprint density at radius 2 is 2.05 bits per heavy atom. The number of carbonyl (C=O) groups excluding carboxylic acids is 1. The van der Waals surface area contributed by atoms with Gasteiger partial charge in [0, 0.05) is 12.6 Å². The first-order chi connectivity index (χ1) is 8.68. The Labute approximate surface area is 132 Å². The minimum Gasteiger partial charge on any atom is -0.353 e. The molecule has 1 saturated heterocycles. The topological polar surface area (TPSA) is 58.4 Å². The third-order valence-electron chi connectivity index (χ3n) is 3.62. The first-order valence-corrected chi connectivity index (χ1v) is 6.47. The molecule has 0 aliphatic carbocycles. The van der Waals surface area contributed by atoms with E-state index in [1.54, 1.807) is 0 Å². The van der Waals surface area contributed by atoms with E-state index in [4.69, 9.17) is 5.73 Å². The van der Waals surface area contributed by atoms with Gasteiger partial charge in [0.15, 0.2) is 0 Å². The molecule has 1 aromatic rings. The van der Waals surface area contributed by atoms with E-state index >= 15 is 0 Å². The molecule has 0 bridgehead atoms. The molecule has 2 unspecified atom stereocenters. The molecular weight excluding hydrogens is 297 g/mol. The zero-order valence-corrected chi connectivity index (χ0v) is 13.3. The van der Waals surface area contributed by atoms with Gasteiger partial charge >= 0.3 is 0 Å². The summed E-state index contributed by atoms with van der Waals surface area (Å²) in [5, 5.41) is 2.95. The summed E-state index contributed by atoms with van der Waals surface area (Å²) in [7, 11) is 2.10. The van der Waals surface area contributed by atoms with Crippen molar-refractivity contribution in [1.82, 2.24) is 10.2 Å². The van der Waals surface area contributed by atoms with Gasteiger partial charge in [0.05, 0.1) is 0 Å². The van der Waals surface area contributed by atoms with Crippen LogP contribution in [0.15, 0.2) is 30.3 Å². The highest BCUT2D eigenvalue weighted by Crippen LogP contribution is 2.14. The number of hydrogen-bond donors (Lipinski definition) is 2. The average molecular weight is 320 g/mol. The van der Waals surface area contributed by atoms with Gasteiger partial charge in [-0.15, -0.1) is 24.8 Å². The Hall–Kier alpha value is -0.810. The highest BCUT2D eigenvalue weighted by Gasteiger charge is 2.22. The second-order valence-electron chi connectivity index (χ2n) is 4.91. The molecule has 0 spiro atoms. The Morgan fingerprint density at radius 1 is 1.40 bits per heavy atom. The van der Waals surface area contributed by atoms with Crippen molar-refractivity contribution in [3.05, 3.63) is 35.9 Å². The van der Waals surface area contributed by atoms with Crippen LogP contribution >= 0.6 is 24.8 Å². The van der Waals surface area contributed by atoms with Crippen molar-refractivity contribution < 1.29 is 4.79 Å². The number of hydrogen-bond acceptors (Lipinski definition) is 3. The molecule has 3 N–H and O–H groups in total. The Kier molecular flexibility index (Phi) is 8.81. The van der Waals surface area contributed by atoms with Crippen molar-refractivity contribution in [3.8, 4) is 0 Å². The fraction of sp³-hybridized carbons (Fsp3) is 0.500. The van der Waals surface area contributed by atoms with Crippen LogP contribution < -0.4 is 11.1 Å². The van der Waals surface area contributed by atoms with Gasteiger partial charge in [0.1, 0.15) is 6.04 Å². The summed E-state index contributed by atoms with van der Waals surface area (Å²) in [6, 6.07) is 9.36. The van der Waals surface area contributed by atoms with Gasteiger partial charge in [-0.1, -0.05) is 30.3 Å². The maximum atomic E-state index is 12.0. The molecule has 114 valence electrons. The fourth-order valence-electron chi connectivity index (χ4n) is 2.38. The Bertz CT molecular complexity index is 403. The number of likely N-dealkylation sites (tertiary alicyclic amines) is 1. The van der Waals surface area contributed by atoms with E-state index in [1.807, 2.05) is 30.3 Å². The molecule has 2 rings (SSSR count). The van der Waals surface area contributed by atoms with E-state index in [-0.39, 0.29) is 30.7 Å². The second-order valence-corrected chi connectivity index (χ2v) is 4.91. The maximum absolute atomic E-state index is 12.0. The zero-order chi connectivity index (χ0) is 13.0. The third-order valence-corrected chi connectivity index (χ3v) is 3.62. The minimum absolute atomic E-state index is 0. The van der Waals surface area contributed by atoms with Gasteiger partial charge in [-0.3, -0.25) is 4.79 Å². The maximum Gasteiger partial charge on any atom is 0.241 e. The molecule has 2 atom stereocenters. The van der Waals surface area contributed by atoms with Gasteiger partial charge in [0.2, 0.25) is 5.91 Å². The normalized spacial score (nSPS) is 19.6. The number of nitrogens with zero attached hydrogens (tertiary/aromatic N) is 1. The Balaban J connectivity index is 0.00000180. The minimum atomic E-state index is -0.571. The molecule has 4 nitrogen and oxygen atoms in total. The van der Waals surface area contributed by atoms with E-state index in [9.17, 15) is 4.79 Å². The van der Waals surface area contributed by atoms with Gasteiger partial charge in [-0.2, -0.15) is 0 Å². The lowest BCUT2D eigenvalue weighted by Gasteiger charge is -2.21. The van der Waals surface area contributed by atoms with Crippen molar-refractivity contribution >= 4 is 30.7 Å². The lowest BCUT2D eigenvalue weighted by atomic mass is 10.1. The predicted octanol–water partition coefficient (Wildman–Crippen LogP) is 1.74. The number of likely N-dealkylation sites (N-methyl/N-ethyl adjacent to an activating group) is 1. The standard InChI is InChI=1S/C14H21N3O.2ClH/c1-17-9-5-8-12(17)10-16-14(18)13(15)11-6-3-2-4-7-11;;/h2-4,6-7,12-13H,5,8-10,15H2,1H3,(H,16,18);2*1H. The quantitative estimate of drug-likeness (QED) is 0.888. The van der Waals surface area contributed by atoms with E-state index in [1.165, 1.54) is 6.42 Å². The first kappa shape index (κ1) is 19.2. The number of carbonyl (C=O) groups is 1. The second kappa shape index (κ2) is 9.19. The number of benzene rings is 1. The molecule has 6 heteroatoms. The number of amides is 1. The smallest absolute Gasteiger partial charge is 0.241 e. The lowest BCUT2D eigenvalue weighted by molar-refractivity contribution is -0.122. The average Bonchev–Trinajstić information content (AvgIpc) is 2.81. The van der Waals surface area contributed by atoms with Crippen molar-refractivity contribution in [1.29, 1.82) is 0 Å². The number of nitrogens with two attached hydrogens (primary N) is 1. The molecule has 0 aromatic heterocycles. The number of rotatable bonds is 4. The number of nitrogens with one attached hydrogen (secondary N) is 1. The summed E-state index contributed by atoms with van der Waals surface area (Å²) in [6.45, 7) is 1.81. The van der Waals surface area contributed by atoms with E-state index < -0.39 is 6.04 Å². The predicted molar refractivity (Wildman–Crippen MR) is 86.5 cm³/mol. The van der Waals surface area contributed by atoms with Crippen LogP contribution in [0.5, 0.6) is 0 Å². The molecule has 1 aliphatic rings. The van der Waals surface area contributed by atoms with Gasteiger partial charge in [-0.25, -0.2) is 0 Å². The monoisotopic (exact) mass is 319 g/mol. The molecule has 20 heavy (non-hydrogen) atoms. The first-order valence-electron chi connectivity index (χ1n) is 6.47. The largest absolute Gasteiger partial charge is 0.353 e. The SMILES string of the molecule is CN1CCCC1CNC(=O)C(N)c1ccccc1.Cl.Cl. The summed E-state index contributed by atoms with van der Waals surface area (Å²) in [4.78, 5) is 14.2. The van der Waals surface area contributed by atoms with E-state index in [0.717, 1.165) is 18.5 Å². The number of halogens is 2. The van der Waals surface area contributed by atoms with Crippen molar-refractivity contribution in [2.75, 3.05) is 20.1 Å². The van der Waals surface area contributed by atoms with Crippen LogP contribution in [0.4, 0.5) is 0 Å². The van der Waals surface area contributed by atoms with Crippen molar-refractivity contribution in [2.24, 2.45) is 5.73 Å². The van der Waals surface area contributed by atoms with Crippen molar-refractivity contribution in [2.45, 2.75) is 24.9 Å². The highest BCUT2D eigenvalue weighted by molar-refractivity contribution is 5.85. The van der Waals surface area contributed by atoms with Crippen LogP contribution in [0.3, 0.4) is 0 Å². The summed E-state index contributed by atoms with van der Waals surface area (Å²) < 4.78 is 0. The summed E-state index contributed by atoms with van der Waals surface area (Å²) in [5.74, 6) is -0.0958. The molecular formula is C14H23Cl2N3O. The summed E-state index contributed by atoms with van der Waals surface area (Å²) in [5.41, 5.74) is 6.79. The van der Waals surface area contributed by atoms with Crippen LogP contribution in [0.2, 0.25) is 0 Å². The zero-order valence-electron chi connectivity index (χ0n) is 11.6. The molecule has 1 heterocycles. The van der Waals surface area contributed by atoms with Crippen molar-refractivity contribution in [3.63, 3.8) is 0 Å². The molecule has 0 radical (unpaired) electrons. The van der Waals surface area contributed by atoms with E-state index in [2.05, 4.69) is 17.3 Å². The molecule has 1 fully saturated rings. The fourth-order valence-corrected chi connectivity index (χ4v) is 2.38.